The number of hydrogen-bond donors (Lipinski definition) is 2. The average Bonchev–Trinajstić information content (AvgIpc) is 2.49. The molecule has 0 bridgehead atoms. The van der Waals surface area contributed by atoms with Gasteiger partial charge in [0.25, 0.3) is 0 Å². The molecule has 1 aliphatic rings. The van der Waals surface area contributed by atoms with E-state index in [2.05, 4.69) is 17.1 Å². The van der Waals surface area contributed by atoms with Crippen molar-refractivity contribution in [2.24, 2.45) is 5.73 Å². The minimum Gasteiger partial charge on any atom is -0.351 e. The van der Waals surface area contributed by atoms with Crippen LogP contribution in [0.25, 0.3) is 0 Å². The van der Waals surface area contributed by atoms with Crippen molar-refractivity contribution in [3.8, 4) is 0 Å². The van der Waals surface area contributed by atoms with Crippen LogP contribution in [0.15, 0.2) is 30.3 Å². The molecule has 3 N–H and O–H groups in total. The fourth-order valence-electron chi connectivity index (χ4n) is 2.89. The van der Waals surface area contributed by atoms with Gasteiger partial charge < -0.3 is 16.0 Å². The maximum absolute atomic E-state index is 12.1. The van der Waals surface area contributed by atoms with E-state index in [0.29, 0.717) is 6.42 Å². The standard InChI is InChI=1S/C17H27N3O/c1-14(13-20-10-6-3-7-11-20)19-17(21)16(18)12-15-8-4-2-5-9-15/h2,4-5,8-9,14,16H,3,6-7,10-13,18H2,1H3,(H,19,21)/t14?,16-/m0/s1. The summed E-state index contributed by atoms with van der Waals surface area (Å²) in [6.07, 6.45) is 4.46. The van der Waals surface area contributed by atoms with E-state index in [0.717, 1.165) is 25.2 Å². The van der Waals surface area contributed by atoms with Gasteiger partial charge in [0, 0.05) is 12.6 Å². The quantitative estimate of drug-likeness (QED) is 0.835. The first-order chi connectivity index (χ1) is 10.1. The molecule has 0 aromatic heterocycles. The average molecular weight is 289 g/mol. The molecule has 116 valence electrons. The van der Waals surface area contributed by atoms with Gasteiger partial charge in [0.05, 0.1) is 6.04 Å². The van der Waals surface area contributed by atoms with Crippen LogP contribution in [0, 0.1) is 0 Å². The normalized spacial score (nSPS) is 19.0. The minimum atomic E-state index is -0.476. The van der Waals surface area contributed by atoms with Crippen LogP contribution < -0.4 is 11.1 Å². The van der Waals surface area contributed by atoms with E-state index in [9.17, 15) is 4.79 Å². The highest BCUT2D eigenvalue weighted by molar-refractivity contribution is 5.82. The van der Waals surface area contributed by atoms with Gasteiger partial charge in [-0.15, -0.1) is 0 Å². The van der Waals surface area contributed by atoms with Crippen LogP contribution in [0.1, 0.15) is 31.7 Å². The zero-order valence-electron chi connectivity index (χ0n) is 12.9. The third-order valence-electron chi connectivity index (χ3n) is 4.00. The first-order valence-electron chi connectivity index (χ1n) is 7.97. The molecule has 0 saturated carbocycles. The Morgan fingerprint density at radius 2 is 1.90 bits per heavy atom. The van der Waals surface area contributed by atoms with Gasteiger partial charge in [0.1, 0.15) is 0 Å². The fourth-order valence-corrected chi connectivity index (χ4v) is 2.89. The molecule has 0 radical (unpaired) electrons. The summed E-state index contributed by atoms with van der Waals surface area (Å²) in [7, 11) is 0. The molecule has 1 aliphatic heterocycles. The second-order valence-electron chi connectivity index (χ2n) is 6.07. The molecule has 0 aliphatic carbocycles. The number of rotatable bonds is 6. The molecule has 1 heterocycles. The summed E-state index contributed by atoms with van der Waals surface area (Å²) in [5.41, 5.74) is 7.11. The molecule has 0 spiro atoms. The third kappa shape index (κ3) is 5.48. The van der Waals surface area contributed by atoms with Gasteiger partial charge in [-0.2, -0.15) is 0 Å². The minimum absolute atomic E-state index is 0.0524. The summed E-state index contributed by atoms with van der Waals surface area (Å²) in [5, 5.41) is 3.04. The van der Waals surface area contributed by atoms with Crippen LogP contribution in [-0.4, -0.2) is 42.5 Å². The second kappa shape index (κ2) is 8.15. The number of likely N-dealkylation sites (tertiary alicyclic amines) is 1. The van der Waals surface area contributed by atoms with E-state index >= 15 is 0 Å². The van der Waals surface area contributed by atoms with Crippen molar-refractivity contribution >= 4 is 5.91 Å². The number of hydrogen-bond acceptors (Lipinski definition) is 3. The van der Waals surface area contributed by atoms with Crippen molar-refractivity contribution in [3.63, 3.8) is 0 Å². The Bertz CT molecular complexity index is 429. The molecule has 2 atom stereocenters. The predicted octanol–water partition coefficient (Wildman–Crippen LogP) is 1.55. The van der Waals surface area contributed by atoms with Crippen molar-refractivity contribution < 1.29 is 4.79 Å². The van der Waals surface area contributed by atoms with Gasteiger partial charge in [-0.3, -0.25) is 4.79 Å². The molecule has 4 nitrogen and oxygen atoms in total. The number of nitrogens with zero attached hydrogens (tertiary/aromatic N) is 1. The van der Waals surface area contributed by atoms with Crippen molar-refractivity contribution in [3.05, 3.63) is 35.9 Å². The van der Waals surface area contributed by atoms with Crippen LogP contribution in [0.5, 0.6) is 0 Å². The first-order valence-corrected chi connectivity index (χ1v) is 7.97. The fraction of sp³-hybridized carbons (Fsp3) is 0.588. The van der Waals surface area contributed by atoms with E-state index in [1.54, 1.807) is 0 Å². The molecule has 21 heavy (non-hydrogen) atoms. The lowest BCUT2D eigenvalue weighted by Crippen LogP contribution is -2.49. The Morgan fingerprint density at radius 3 is 2.57 bits per heavy atom. The second-order valence-corrected chi connectivity index (χ2v) is 6.07. The van der Waals surface area contributed by atoms with Crippen LogP contribution in [0.4, 0.5) is 0 Å². The SMILES string of the molecule is CC(CN1CCCCC1)NC(=O)[C@@H](N)Cc1ccccc1. The highest BCUT2D eigenvalue weighted by atomic mass is 16.2. The van der Waals surface area contributed by atoms with Crippen molar-refractivity contribution in [1.82, 2.24) is 10.2 Å². The van der Waals surface area contributed by atoms with Crippen molar-refractivity contribution in [2.75, 3.05) is 19.6 Å². The monoisotopic (exact) mass is 289 g/mol. The Morgan fingerprint density at radius 1 is 1.24 bits per heavy atom. The molecule has 1 amide bonds. The van der Waals surface area contributed by atoms with E-state index in [1.807, 2.05) is 30.3 Å². The summed E-state index contributed by atoms with van der Waals surface area (Å²) in [6, 6.07) is 9.59. The number of piperidine rings is 1. The molecule has 2 rings (SSSR count). The van der Waals surface area contributed by atoms with Gasteiger partial charge in [-0.05, 0) is 44.8 Å². The predicted molar refractivity (Wildman–Crippen MR) is 86.0 cm³/mol. The van der Waals surface area contributed by atoms with Crippen LogP contribution in [0.2, 0.25) is 0 Å². The van der Waals surface area contributed by atoms with Gasteiger partial charge in [-0.1, -0.05) is 36.8 Å². The Kier molecular flexibility index (Phi) is 6.21. The summed E-state index contributed by atoms with van der Waals surface area (Å²) in [6.45, 7) is 5.28. The molecular weight excluding hydrogens is 262 g/mol. The Balaban J connectivity index is 1.74. The zero-order chi connectivity index (χ0) is 15.1. The number of amides is 1. The third-order valence-corrected chi connectivity index (χ3v) is 4.00. The lowest BCUT2D eigenvalue weighted by atomic mass is 10.1. The van der Waals surface area contributed by atoms with E-state index < -0.39 is 6.04 Å². The molecule has 4 heteroatoms. The molecular formula is C17H27N3O. The van der Waals surface area contributed by atoms with Crippen LogP contribution >= 0.6 is 0 Å². The number of benzene rings is 1. The van der Waals surface area contributed by atoms with Gasteiger partial charge >= 0.3 is 0 Å². The van der Waals surface area contributed by atoms with Gasteiger partial charge in [0.2, 0.25) is 5.91 Å². The number of carbonyl (C=O) groups excluding carboxylic acids is 1. The van der Waals surface area contributed by atoms with Crippen LogP contribution in [0.3, 0.4) is 0 Å². The molecule has 1 aromatic rings. The summed E-state index contributed by atoms with van der Waals surface area (Å²) in [5.74, 6) is -0.0524. The van der Waals surface area contributed by atoms with Gasteiger partial charge in [-0.25, -0.2) is 0 Å². The number of nitrogens with two attached hydrogens (primary N) is 1. The summed E-state index contributed by atoms with van der Waals surface area (Å²) >= 11 is 0. The van der Waals surface area contributed by atoms with E-state index in [4.69, 9.17) is 5.73 Å². The van der Waals surface area contributed by atoms with E-state index in [-0.39, 0.29) is 11.9 Å². The first kappa shape index (κ1) is 16.0. The largest absolute Gasteiger partial charge is 0.351 e. The molecule has 1 saturated heterocycles. The highest BCUT2D eigenvalue weighted by Crippen LogP contribution is 2.09. The maximum Gasteiger partial charge on any atom is 0.237 e. The number of nitrogens with one attached hydrogen (secondary N) is 1. The molecule has 1 fully saturated rings. The van der Waals surface area contributed by atoms with E-state index in [1.165, 1.54) is 19.3 Å². The number of carbonyl (C=O) groups is 1. The van der Waals surface area contributed by atoms with Gasteiger partial charge in [0.15, 0.2) is 0 Å². The maximum atomic E-state index is 12.1. The zero-order valence-corrected chi connectivity index (χ0v) is 12.9. The Hall–Kier alpha value is -1.39. The van der Waals surface area contributed by atoms with Crippen LogP contribution in [-0.2, 0) is 11.2 Å². The summed E-state index contributed by atoms with van der Waals surface area (Å²) < 4.78 is 0. The van der Waals surface area contributed by atoms with Crippen molar-refractivity contribution in [2.45, 2.75) is 44.7 Å². The topological polar surface area (TPSA) is 58.4 Å². The lowest BCUT2D eigenvalue weighted by Gasteiger charge is -2.29. The summed E-state index contributed by atoms with van der Waals surface area (Å²) in [4.78, 5) is 14.6. The molecule has 1 aromatic carbocycles. The van der Waals surface area contributed by atoms with Crippen molar-refractivity contribution in [1.29, 1.82) is 0 Å². The molecule has 1 unspecified atom stereocenters. The Labute approximate surface area is 127 Å². The highest BCUT2D eigenvalue weighted by Gasteiger charge is 2.18. The smallest absolute Gasteiger partial charge is 0.237 e. The lowest BCUT2D eigenvalue weighted by molar-refractivity contribution is -0.123.